The number of carbonyl (C=O) groups is 2. The van der Waals surface area contributed by atoms with Crippen molar-refractivity contribution in [3.05, 3.63) is 0 Å². The summed E-state index contributed by atoms with van der Waals surface area (Å²) in [5.74, 6) is 2.52. The topological polar surface area (TPSA) is 52.6 Å². The minimum Gasteiger partial charge on any atom is -0.456 e. The highest BCUT2D eigenvalue weighted by atomic mass is 16.5. The number of piperidine rings is 2. The Morgan fingerprint density at radius 3 is 1.85 bits per heavy atom. The average Bonchev–Trinajstić information content (AvgIpc) is 3.21. The van der Waals surface area contributed by atoms with Gasteiger partial charge in [-0.05, 0) is 99.7 Å². The minimum absolute atomic E-state index is 0.0462. The number of carbonyl (C=O) groups excluding carboxylic acids is 2. The Morgan fingerprint density at radius 2 is 1.27 bits per heavy atom. The monoisotopic (exact) mass is 572 g/mol. The molecular weight excluding hydrogens is 512 g/mol. The van der Waals surface area contributed by atoms with Gasteiger partial charge in [0.05, 0.1) is 40.3 Å². The van der Waals surface area contributed by atoms with Gasteiger partial charge in [0.25, 0.3) is 0 Å². The number of likely N-dealkylation sites (N-methyl/N-ethyl adjacent to an activating group) is 2. The van der Waals surface area contributed by atoms with Gasteiger partial charge in [-0.2, -0.15) is 0 Å². The van der Waals surface area contributed by atoms with Gasteiger partial charge in [0.1, 0.15) is 12.1 Å². The van der Waals surface area contributed by atoms with Crippen molar-refractivity contribution in [1.82, 2.24) is 0 Å². The zero-order chi connectivity index (χ0) is 29.2. The fraction of sp³-hybridized carbons (Fsp3) is 0.943. The van der Waals surface area contributed by atoms with Crippen molar-refractivity contribution in [3.63, 3.8) is 0 Å². The summed E-state index contributed by atoms with van der Waals surface area (Å²) in [6.07, 6.45) is 16.4. The molecule has 2 aliphatic heterocycles. The Kier molecular flexibility index (Phi) is 7.87. The van der Waals surface area contributed by atoms with Crippen molar-refractivity contribution in [1.29, 1.82) is 0 Å². The number of rotatable bonds is 4. The largest absolute Gasteiger partial charge is 0.456 e. The molecule has 0 bridgehead atoms. The molecule has 232 valence electrons. The maximum Gasteiger partial charge on any atom is 0.303 e. The average molecular weight is 573 g/mol. The van der Waals surface area contributed by atoms with Crippen LogP contribution in [-0.2, 0) is 19.1 Å². The molecule has 6 aliphatic rings. The van der Waals surface area contributed by atoms with Gasteiger partial charge in [0.15, 0.2) is 12.2 Å². The second-order valence-electron chi connectivity index (χ2n) is 16.7. The molecule has 4 aliphatic carbocycles. The zero-order valence-corrected chi connectivity index (χ0v) is 27.2. The lowest BCUT2D eigenvalue weighted by Gasteiger charge is -2.63. The first-order valence-electron chi connectivity index (χ1n) is 17.4. The molecule has 2 saturated heterocycles. The normalized spacial score (nSPS) is 46.9. The number of hydrogen-bond donors (Lipinski definition) is 0. The summed E-state index contributed by atoms with van der Waals surface area (Å²) >= 11 is 0. The molecule has 0 amide bonds. The van der Waals surface area contributed by atoms with E-state index in [-0.39, 0.29) is 29.6 Å². The highest BCUT2D eigenvalue weighted by molar-refractivity contribution is 5.66. The van der Waals surface area contributed by atoms with Crippen LogP contribution in [-0.4, -0.2) is 85.5 Å². The highest BCUT2D eigenvalue weighted by Crippen LogP contribution is 2.68. The fourth-order valence-electron chi connectivity index (χ4n) is 12.3. The number of quaternary nitrogens is 2. The molecule has 0 radical (unpaired) electrons. The Morgan fingerprint density at radius 1 is 0.683 bits per heavy atom. The summed E-state index contributed by atoms with van der Waals surface area (Å²) in [6, 6.07) is 0.846. The number of fused-ring (bicyclic) bond motifs is 5. The number of esters is 2. The fourth-order valence-corrected chi connectivity index (χ4v) is 12.3. The summed E-state index contributed by atoms with van der Waals surface area (Å²) in [5.41, 5.74) is 0.377. The van der Waals surface area contributed by atoms with Gasteiger partial charge in [-0.1, -0.05) is 13.8 Å². The Hall–Kier alpha value is -1.14. The second-order valence-corrected chi connectivity index (χ2v) is 16.7. The second kappa shape index (κ2) is 10.8. The Balaban J connectivity index is 1.31. The quantitative estimate of drug-likeness (QED) is 0.301. The molecule has 6 nitrogen and oxygen atoms in total. The molecule has 10 atom stereocenters. The van der Waals surface area contributed by atoms with E-state index in [4.69, 9.17) is 9.47 Å². The first-order valence-corrected chi connectivity index (χ1v) is 17.4. The van der Waals surface area contributed by atoms with Gasteiger partial charge in [-0.15, -0.1) is 0 Å². The van der Waals surface area contributed by atoms with Crippen LogP contribution in [0.25, 0.3) is 0 Å². The Labute approximate surface area is 250 Å². The summed E-state index contributed by atoms with van der Waals surface area (Å²) in [6.45, 7) is 13.3. The number of hydrogen-bond acceptors (Lipinski definition) is 4. The van der Waals surface area contributed by atoms with E-state index in [2.05, 4.69) is 27.9 Å². The molecular formula is C35H60N2O4+2. The van der Waals surface area contributed by atoms with Gasteiger partial charge < -0.3 is 18.4 Å². The van der Waals surface area contributed by atoms with Gasteiger partial charge in [-0.25, -0.2) is 0 Å². The molecule has 6 heteroatoms. The van der Waals surface area contributed by atoms with Crippen LogP contribution in [0, 0.1) is 34.5 Å². The van der Waals surface area contributed by atoms with Gasteiger partial charge in [0.2, 0.25) is 0 Å². The van der Waals surface area contributed by atoms with Crippen LogP contribution < -0.4 is 0 Å². The van der Waals surface area contributed by atoms with Crippen LogP contribution in [0.4, 0.5) is 0 Å². The summed E-state index contributed by atoms with van der Waals surface area (Å²) in [5, 5.41) is 0. The smallest absolute Gasteiger partial charge is 0.303 e. The van der Waals surface area contributed by atoms with E-state index in [9.17, 15) is 9.59 Å². The molecule has 0 aromatic heterocycles. The maximum absolute atomic E-state index is 12.5. The van der Waals surface area contributed by atoms with Crippen LogP contribution in [0.3, 0.4) is 0 Å². The molecule has 2 heterocycles. The van der Waals surface area contributed by atoms with Crippen molar-refractivity contribution in [2.45, 2.75) is 135 Å². The first-order chi connectivity index (χ1) is 19.4. The molecule has 4 saturated carbocycles. The van der Waals surface area contributed by atoms with Crippen LogP contribution >= 0.6 is 0 Å². The van der Waals surface area contributed by atoms with Crippen LogP contribution in [0.15, 0.2) is 0 Å². The SMILES string of the molecule is CC(=O)O[C@H]1C[C@@H]2CC[C@@H]3[C@H](CC[C@]4(C)[C@@H](OC(C)=O)C([N+]5(C)CCCCC5)C[C@@H]34)[C@@]2(C)C[C@@H]1[N+]1(C)CCCCC1. The van der Waals surface area contributed by atoms with E-state index in [0.29, 0.717) is 35.3 Å². The molecule has 6 fully saturated rings. The van der Waals surface area contributed by atoms with Gasteiger partial charge in [0, 0.05) is 32.1 Å². The molecule has 0 N–H and O–H groups in total. The van der Waals surface area contributed by atoms with E-state index in [0.717, 1.165) is 21.3 Å². The summed E-state index contributed by atoms with van der Waals surface area (Å²) in [4.78, 5) is 24.8. The Bertz CT molecular complexity index is 1000. The molecule has 0 aromatic carbocycles. The lowest BCUT2D eigenvalue weighted by Crippen LogP contribution is -2.66. The van der Waals surface area contributed by atoms with E-state index >= 15 is 0 Å². The van der Waals surface area contributed by atoms with Gasteiger partial charge in [-0.3, -0.25) is 9.59 Å². The molecule has 41 heavy (non-hydrogen) atoms. The summed E-state index contributed by atoms with van der Waals surface area (Å²) in [7, 11) is 4.94. The molecule has 0 spiro atoms. The van der Waals surface area contributed by atoms with Crippen molar-refractivity contribution >= 4 is 11.9 Å². The van der Waals surface area contributed by atoms with Crippen molar-refractivity contribution < 1.29 is 28.0 Å². The predicted octanol–water partition coefficient (Wildman–Crippen LogP) is 6.11. The van der Waals surface area contributed by atoms with E-state index < -0.39 is 0 Å². The van der Waals surface area contributed by atoms with E-state index in [1.165, 1.54) is 103 Å². The first kappa shape index (κ1) is 29.9. The van der Waals surface area contributed by atoms with Crippen molar-refractivity contribution in [2.75, 3.05) is 40.3 Å². The molecule has 0 aromatic rings. The zero-order valence-electron chi connectivity index (χ0n) is 27.2. The van der Waals surface area contributed by atoms with Crippen LogP contribution in [0.5, 0.6) is 0 Å². The third-order valence-corrected chi connectivity index (χ3v) is 14.5. The number of ether oxygens (including phenoxy) is 2. The third-order valence-electron chi connectivity index (χ3n) is 14.5. The standard InChI is InChI=1S/C35H60N2O4/c1-24(38)40-32-21-26-13-14-27-28(35(26,4)23-31(32)37(6)19-11-8-12-20-37)15-16-34(3)29(27)22-30(33(34)41-25(2)39)36(5)17-9-7-10-18-36/h26-33H,7-23H2,1-6H3/q+2/t26-,27+,28-,29-,30?,31-,32-,33-,34-,35-/m0/s1. The summed E-state index contributed by atoms with van der Waals surface area (Å²) < 4.78 is 14.7. The maximum atomic E-state index is 12.5. The van der Waals surface area contributed by atoms with E-state index in [1.807, 2.05) is 0 Å². The van der Waals surface area contributed by atoms with Crippen LogP contribution in [0.2, 0.25) is 0 Å². The van der Waals surface area contributed by atoms with Crippen LogP contribution in [0.1, 0.15) is 111 Å². The predicted molar refractivity (Wildman–Crippen MR) is 161 cm³/mol. The number of likely N-dealkylation sites (tertiary alicyclic amines) is 2. The van der Waals surface area contributed by atoms with E-state index in [1.54, 1.807) is 13.8 Å². The van der Waals surface area contributed by atoms with Crippen molar-refractivity contribution in [3.8, 4) is 0 Å². The van der Waals surface area contributed by atoms with Crippen molar-refractivity contribution in [2.24, 2.45) is 34.5 Å². The minimum atomic E-state index is -0.0998. The third kappa shape index (κ3) is 4.99. The highest BCUT2D eigenvalue weighted by Gasteiger charge is 2.68. The number of nitrogens with zero attached hydrogens (tertiary/aromatic N) is 2. The molecule has 6 rings (SSSR count). The van der Waals surface area contributed by atoms with Gasteiger partial charge >= 0.3 is 11.9 Å². The lowest BCUT2D eigenvalue weighted by molar-refractivity contribution is -0.943. The lowest BCUT2D eigenvalue weighted by atomic mass is 9.44. The molecule has 1 unspecified atom stereocenters.